The monoisotopic (exact) mass is 330 g/mol. The predicted molar refractivity (Wildman–Crippen MR) is 76.8 cm³/mol. The third-order valence-corrected chi connectivity index (χ3v) is 3.45. The van der Waals surface area contributed by atoms with Crippen LogP contribution >= 0.6 is 0 Å². The van der Waals surface area contributed by atoms with E-state index >= 15 is 0 Å². The molecule has 0 aromatic heterocycles. The van der Waals surface area contributed by atoms with Crippen molar-refractivity contribution in [3.63, 3.8) is 0 Å². The zero-order valence-corrected chi connectivity index (χ0v) is 12.6. The highest BCUT2D eigenvalue weighted by atomic mass is 19.4. The van der Waals surface area contributed by atoms with Crippen molar-refractivity contribution in [3.8, 4) is 5.75 Å². The zero-order valence-electron chi connectivity index (χ0n) is 12.6. The maximum Gasteiger partial charge on any atom is 0.438 e. The maximum atomic E-state index is 13.3. The molecule has 0 aliphatic carbocycles. The molecular formula is C15H17F3N2O3. The van der Waals surface area contributed by atoms with Crippen molar-refractivity contribution in [2.75, 3.05) is 0 Å². The molecule has 0 fully saturated rings. The molecule has 1 aromatic carbocycles. The second kappa shape index (κ2) is 5.84. The Bertz CT molecular complexity index is 626. The fourth-order valence-electron chi connectivity index (χ4n) is 2.36. The van der Waals surface area contributed by atoms with Gasteiger partial charge in [0.15, 0.2) is 0 Å². The van der Waals surface area contributed by atoms with Crippen LogP contribution in [-0.2, 0) is 0 Å². The molecule has 0 unspecified atom stereocenters. The molecule has 126 valence electrons. The number of nitrogens with zero attached hydrogens (tertiary/aromatic N) is 2. The lowest BCUT2D eigenvalue weighted by Crippen LogP contribution is -2.56. The van der Waals surface area contributed by atoms with Crippen molar-refractivity contribution in [1.29, 1.82) is 0 Å². The number of alkyl halides is 3. The number of aliphatic hydroxyl groups is 1. The average Bonchev–Trinajstić information content (AvgIpc) is 2.75. The van der Waals surface area contributed by atoms with E-state index < -0.39 is 24.2 Å². The third-order valence-electron chi connectivity index (χ3n) is 3.45. The Morgan fingerprint density at radius 3 is 2.39 bits per heavy atom. The number of aromatic hydroxyl groups is 1. The smallest absolute Gasteiger partial charge is 0.438 e. The van der Waals surface area contributed by atoms with E-state index in [0.717, 1.165) is 0 Å². The first-order valence-corrected chi connectivity index (χ1v) is 7.03. The van der Waals surface area contributed by atoms with Crippen molar-refractivity contribution < 1.29 is 28.2 Å². The average molecular weight is 330 g/mol. The highest BCUT2D eigenvalue weighted by Crippen LogP contribution is 2.41. The first-order chi connectivity index (χ1) is 10.5. The molecule has 8 heteroatoms. The Balaban J connectivity index is 2.39. The van der Waals surface area contributed by atoms with E-state index in [-0.39, 0.29) is 34.4 Å². The van der Waals surface area contributed by atoms with Gasteiger partial charge in [-0.1, -0.05) is 13.8 Å². The number of phenols is 1. The molecule has 0 bridgehead atoms. The Hall–Kier alpha value is -2.09. The second-order valence-corrected chi connectivity index (χ2v) is 5.92. The Morgan fingerprint density at radius 1 is 1.35 bits per heavy atom. The summed E-state index contributed by atoms with van der Waals surface area (Å²) in [7, 11) is 0. The summed E-state index contributed by atoms with van der Waals surface area (Å²) in [5, 5.41) is 23.1. The summed E-state index contributed by atoms with van der Waals surface area (Å²) in [5.41, 5.74) is -3.35. The van der Waals surface area contributed by atoms with Crippen molar-refractivity contribution in [3.05, 3.63) is 29.8 Å². The van der Waals surface area contributed by atoms with Crippen LogP contribution in [0.2, 0.25) is 0 Å². The molecule has 0 radical (unpaired) electrons. The van der Waals surface area contributed by atoms with Gasteiger partial charge in [-0.15, -0.1) is 0 Å². The summed E-state index contributed by atoms with van der Waals surface area (Å²) < 4.78 is 39.9. The molecule has 0 spiro atoms. The lowest BCUT2D eigenvalue weighted by Gasteiger charge is -2.32. The van der Waals surface area contributed by atoms with E-state index in [9.17, 15) is 28.2 Å². The highest BCUT2D eigenvalue weighted by Gasteiger charge is 2.63. The Kier molecular flexibility index (Phi) is 4.39. The van der Waals surface area contributed by atoms with E-state index in [0.29, 0.717) is 0 Å². The Labute approximate surface area is 131 Å². The Morgan fingerprint density at radius 2 is 1.91 bits per heavy atom. The normalized spacial score (nSPS) is 21.7. The minimum absolute atomic E-state index is 0.0370. The van der Waals surface area contributed by atoms with E-state index in [1.807, 2.05) is 0 Å². The largest absolute Gasteiger partial charge is 0.508 e. The van der Waals surface area contributed by atoms with Gasteiger partial charge in [-0.2, -0.15) is 23.3 Å². The molecule has 5 nitrogen and oxygen atoms in total. The number of hydrogen-bond acceptors (Lipinski definition) is 4. The molecule has 1 heterocycles. The highest BCUT2D eigenvalue weighted by molar-refractivity contribution is 5.98. The van der Waals surface area contributed by atoms with Crippen LogP contribution in [0.25, 0.3) is 0 Å². The van der Waals surface area contributed by atoms with Crippen molar-refractivity contribution in [2.45, 2.75) is 38.6 Å². The van der Waals surface area contributed by atoms with Gasteiger partial charge >= 0.3 is 6.18 Å². The van der Waals surface area contributed by atoms with Crippen molar-refractivity contribution in [2.24, 2.45) is 11.0 Å². The summed E-state index contributed by atoms with van der Waals surface area (Å²) in [5.74, 6) is -1.17. The number of phenolic OH excluding ortho intramolecular Hbond substituents is 1. The fraction of sp³-hybridized carbons (Fsp3) is 0.467. The summed E-state index contributed by atoms with van der Waals surface area (Å²) >= 11 is 0. The molecule has 2 rings (SSSR count). The SMILES string of the molecule is CC(C)CC1=NN(C(=O)c2ccc(O)cc2)[C@](O)(C(F)(F)F)C1. The molecule has 1 aliphatic rings. The molecule has 1 amide bonds. The first-order valence-electron chi connectivity index (χ1n) is 7.03. The van der Waals surface area contributed by atoms with E-state index in [1.165, 1.54) is 24.3 Å². The number of carbonyl (C=O) groups excluding carboxylic acids is 1. The number of rotatable bonds is 3. The van der Waals surface area contributed by atoms with Crippen molar-refractivity contribution in [1.82, 2.24) is 5.01 Å². The number of hydrazone groups is 1. The lowest BCUT2D eigenvalue weighted by molar-refractivity contribution is -0.297. The van der Waals surface area contributed by atoms with Crippen LogP contribution in [0.15, 0.2) is 29.4 Å². The number of carbonyl (C=O) groups is 1. The number of halogens is 3. The molecule has 0 saturated heterocycles. The quantitative estimate of drug-likeness (QED) is 0.895. The van der Waals surface area contributed by atoms with Crippen LogP contribution in [-0.4, -0.2) is 38.7 Å². The van der Waals surface area contributed by atoms with Gasteiger partial charge in [0.25, 0.3) is 11.6 Å². The minimum Gasteiger partial charge on any atom is -0.508 e. The van der Waals surface area contributed by atoms with E-state index in [4.69, 9.17) is 0 Å². The maximum absolute atomic E-state index is 13.3. The standard InChI is InChI=1S/C15H17F3N2O3/c1-9(2)7-11-8-14(23,15(16,17)18)20(19-11)13(22)10-3-5-12(21)6-4-10/h3-6,9,21,23H,7-8H2,1-2H3/t14-/m1/s1. The summed E-state index contributed by atoms with van der Waals surface area (Å²) in [4.78, 5) is 12.3. The molecular weight excluding hydrogens is 313 g/mol. The molecule has 1 atom stereocenters. The van der Waals surface area contributed by atoms with Gasteiger partial charge in [-0.3, -0.25) is 4.79 Å². The van der Waals surface area contributed by atoms with Gasteiger partial charge in [0.05, 0.1) is 0 Å². The van der Waals surface area contributed by atoms with Gasteiger partial charge in [-0.25, -0.2) is 0 Å². The fourth-order valence-corrected chi connectivity index (χ4v) is 2.36. The summed E-state index contributed by atoms with van der Waals surface area (Å²) in [6.07, 6.45) is -5.56. The number of benzene rings is 1. The minimum atomic E-state index is -5.04. The van der Waals surface area contributed by atoms with Crippen LogP contribution in [0.5, 0.6) is 5.75 Å². The lowest BCUT2D eigenvalue weighted by atomic mass is 9.99. The van der Waals surface area contributed by atoms with Gasteiger partial charge in [-0.05, 0) is 36.6 Å². The summed E-state index contributed by atoms with van der Waals surface area (Å²) in [6, 6.07) is 4.69. The second-order valence-electron chi connectivity index (χ2n) is 5.92. The molecule has 1 aliphatic heterocycles. The van der Waals surface area contributed by atoms with Gasteiger partial charge < -0.3 is 10.2 Å². The van der Waals surface area contributed by atoms with Gasteiger partial charge in [0, 0.05) is 17.7 Å². The summed E-state index contributed by atoms with van der Waals surface area (Å²) in [6.45, 7) is 3.61. The van der Waals surface area contributed by atoms with Gasteiger partial charge in [0.1, 0.15) is 5.75 Å². The van der Waals surface area contributed by atoms with Crippen LogP contribution in [0.4, 0.5) is 13.2 Å². The van der Waals surface area contributed by atoms with E-state index in [1.54, 1.807) is 13.8 Å². The zero-order chi connectivity index (χ0) is 17.4. The van der Waals surface area contributed by atoms with Crippen LogP contribution in [0.1, 0.15) is 37.0 Å². The van der Waals surface area contributed by atoms with Crippen LogP contribution < -0.4 is 0 Å². The molecule has 1 aromatic rings. The third kappa shape index (κ3) is 3.31. The predicted octanol–water partition coefficient (Wildman–Crippen LogP) is 2.89. The van der Waals surface area contributed by atoms with Crippen molar-refractivity contribution >= 4 is 11.6 Å². The number of amides is 1. The van der Waals surface area contributed by atoms with Gasteiger partial charge in [0.2, 0.25) is 0 Å². The van der Waals surface area contributed by atoms with Crippen LogP contribution in [0, 0.1) is 5.92 Å². The van der Waals surface area contributed by atoms with E-state index in [2.05, 4.69) is 5.10 Å². The first kappa shape index (κ1) is 17.3. The van der Waals surface area contributed by atoms with Crippen LogP contribution in [0.3, 0.4) is 0 Å². The topological polar surface area (TPSA) is 73.1 Å². The molecule has 2 N–H and O–H groups in total. The number of hydrogen-bond donors (Lipinski definition) is 2. The molecule has 0 saturated carbocycles. The molecule has 23 heavy (non-hydrogen) atoms.